The number of carbonyl (C=O) groups excluding carboxylic acids is 1. The lowest BCUT2D eigenvalue weighted by Gasteiger charge is -2.30. The number of carbonyl (C=O) groups is 1. The molecule has 8 heteroatoms. The van der Waals surface area contributed by atoms with Gasteiger partial charge >= 0.3 is 0 Å². The summed E-state index contributed by atoms with van der Waals surface area (Å²) in [7, 11) is -2.14. The number of rotatable bonds is 11. The van der Waals surface area contributed by atoms with Gasteiger partial charge in [0.05, 0.1) is 19.1 Å². The smallest absolute Gasteiger partial charge is 0.243 e. The molecule has 0 radical (unpaired) electrons. The van der Waals surface area contributed by atoms with E-state index < -0.39 is 16.1 Å². The van der Waals surface area contributed by atoms with E-state index in [2.05, 4.69) is 17.4 Å². The standard InChI is InChI=1S/C21H28N2O4S2/c1-4-20(21(24)22-13-14-28-16-17-9-6-5-7-10-17)23(29(3,25)26)18-11-8-12-19(15-18)27-2/h5-12,15,20H,4,13-14,16H2,1-3H3,(H,22,24)/t20-/m0/s1. The van der Waals surface area contributed by atoms with Crippen LogP contribution in [0.1, 0.15) is 18.9 Å². The van der Waals surface area contributed by atoms with Crippen molar-refractivity contribution in [3.05, 3.63) is 60.2 Å². The van der Waals surface area contributed by atoms with Crippen molar-refractivity contribution in [1.82, 2.24) is 5.32 Å². The second kappa shape index (κ2) is 11.1. The van der Waals surface area contributed by atoms with Gasteiger partial charge in [-0.05, 0) is 24.1 Å². The normalized spacial score (nSPS) is 12.2. The molecule has 29 heavy (non-hydrogen) atoms. The number of hydrogen-bond donors (Lipinski definition) is 1. The summed E-state index contributed by atoms with van der Waals surface area (Å²) in [5.74, 6) is 1.84. The largest absolute Gasteiger partial charge is 0.497 e. The number of nitrogens with one attached hydrogen (secondary N) is 1. The van der Waals surface area contributed by atoms with Gasteiger partial charge in [0.15, 0.2) is 0 Å². The van der Waals surface area contributed by atoms with Gasteiger partial charge in [-0.3, -0.25) is 9.10 Å². The zero-order chi connectivity index (χ0) is 21.3. The second-order valence-corrected chi connectivity index (χ2v) is 9.48. The SMILES string of the molecule is CC[C@@H](C(=O)NCCSCc1ccccc1)N(c1cccc(OC)c1)S(C)(=O)=O. The maximum atomic E-state index is 12.8. The highest BCUT2D eigenvalue weighted by Gasteiger charge is 2.31. The fourth-order valence-corrected chi connectivity index (χ4v) is 4.96. The van der Waals surface area contributed by atoms with E-state index in [0.717, 1.165) is 17.8 Å². The highest BCUT2D eigenvalue weighted by atomic mass is 32.2. The quantitative estimate of drug-likeness (QED) is 0.547. The molecule has 158 valence electrons. The number of sulfonamides is 1. The number of nitrogens with zero attached hydrogens (tertiary/aromatic N) is 1. The van der Waals surface area contributed by atoms with Crippen molar-refractivity contribution in [3.8, 4) is 5.75 Å². The summed E-state index contributed by atoms with van der Waals surface area (Å²) in [6, 6.07) is 16.0. The third-order valence-electron chi connectivity index (χ3n) is 4.29. The predicted octanol–water partition coefficient (Wildman–Crippen LogP) is 3.29. The van der Waals surface area contributed by atoms with E-state index in [0.29, 0.717) is 24.4 Å². The summed E-state index contributed by atoms with van der Waals surface area (Å²) in [4.78, 5) is 12.8. The first kappa shape index (κ1) is 23.1. The van der Waals surface area contributed by atoms with Crippen LogP contribution in [0.15, 0.2) is 54.6 Å². The lowest BCUT2D eigenvalue weighted by molar-refractivity contribution is -0.122. The van der Waals surface area contributed by atoms with Gasteiger partial charge in [-0.2, -0.15) is 11.8 Å². The summed E-state index contributed by atoms with van der Waals surface area (Å²) >= 11 is 1.72. The third kappa shape index (κ3) is 6.97. The Balaban J connectivity index is 2.00. The van der Waals surface area contributed by atoms with E-state index in [4.69, 9.17) is 4.74 Å². The Hall–Kier alpha value is -2.19. The van der Waals surface area contributed by atoms with Crippen LogP contribution in [0.25, 0.3) is 0 Å². The number of anilines is 1. The highest BCUT2D eigenvalue weighted by molar-refractivity contribution is 7.98. The molecule has 0 aliphatic carbocycles. The van der Waals surface area contributed by atoms with Crippen molar-refractivity contribution in [1.29, 1.82) is 0 Å². The van der Waals surface area contributed by atoms with Gasteiger partial charge in [-0.15, -0.1) is 0 Å². The van der Waals surface area contributed by atoms with Gasteiger partial charge in [0, 0.05) is 24.1 Å². The number of methoxy groups -OCH3 is 1. The topological polar surface area (TPSA) is 75.7 Å². The van der Waals surface area contributed by atoms with Gasteiger partial charge in [-0.25, -0.2) is 8.42 Å². The summed E-state index contributed by atoms with van der Waals surface area (Å²) in [5, 5.41) is 2.87. The molecule has 0 bridgehead atoms. The number of thioether (sulfide) groups is 1. The first-order valence-corrected chi connectivity index (χ1v) is 12.4. The Morgan fingerprint density at radius 2 is 1.90 bits per heavy atom. The molecule has 1 N–H and O–H groups in total. The van der Waals surface area contributed by atoms with Gasteiger partial charge in [0.2, 0.25) is 15.9 Å². The van der Waals surface area contributed by atoms with Gasteiger partial charge in [0.25, 0.3) is 0 Å². The maximum absolute atomic E-state index is 12.8. The molecule has 6 nitrogen and oxygen atoms in total. The Morgan fingerprint density at radius 1 is 1.17 bits per heavy atom. The molecule has 0 aliphatic rings. The molecule has 0 saturated heterocycles. The molecule has 0 saturated carbocycles. The van der Waals surface area contributed by atoms with Crippen LogP contribution in [0, 0.1) is 0 Å². The minimum atomic E-state index is -3.66. The van der Waals surface area contributed by atoms with E-state index in [9.17, 15) is 13.2 Å². The second-order valence-electron chi connectivity index (χ2n) is 6.51. The van der Waals surface area contributed by atoms with E-state index in [-0.39, 0.29) is 5.91 Å². The molecule has 0 unspecified atom stereocenters. The molecule has 0 aliphatic heterocycles. The van der Waals surface area contributed by atoms with E-state index in [1.54, 1.807) is 43.0 Å². The van der Waals surface area contributed by atoms with Crippen LogP contribution in [0.5, 0.6) is 5.75 Å². The first-order chi connectivity index (χ1) is 13.9. The molecular weight excluding hydrogens is 408 g/mol. The summed E-state index contributed by atoms with van der Waals surface area (Å²) in [6.45, 7) is 2.27. The average Bonchev–Trinajstić information content (AvgIpc) is 2.71. The van der Waals surface area contributed by atoms with Crippen LogP contribution < -0.4 is 14.4 Å². The Bertz CT molecular complexity index is 889. The first-order valence-electron chi connectivity index (χ1n) is 9.39. The van der Waals surface area contributed by atoms with Crippen molar-refractivity contribution in [2.75, 3.05) is 30.0 Å². The minimum absolute atomic E-state index is 0.305. The number of benzene rings is 2. The van der Waals surface area contributed by atoms with Crippen molar-refractivity contribution < 1.29 is 17.9 Å². The number of hydrogen-bond acceptors (Lipinski definition) is 5. The molecule has 0 aromatic heterocycles. The summed E-state index contributed by atoms with van der Waals surface area (Å²) in [6.07, 6.45) is 1.46. The Morgan fingerprint density at radius 3 is 2.52 bits per heavy atom. The molecule has 0 heterocycles. The van der Waals surface area contributed by atoms with Gasteiger partial charge in [0.1, 0.15) is 11.8 Å². The van der Waals surface area contributed by atoms with E-state index in [1.165, 1.54) is 17.0 Å². The fourth-order valence-electron chi connectivity index (χ4n) is 2.94. The minimum Gasteiger partial charge on any atom is -0.497 e. The highest BCUT2D eigenvalue weighted by Crippen LogP contribution is 2.26. The monoisotopic (exact) mass is 436 g/mol. The molecule has 0 spiro atoms. The molecule has 0 fully saturated rings. The third-order valence-corrected chi connectivity index (χ3v) is 6.50. The number of amides is 1. The van der Waals surface area contributed by atoms with Crippen LogP contribution >= 0.6 is 11.8 Å². The van der Waals surface area contributed by atoms with E-state index in [1.807, 2.05) is 18.2 Å². The van der Waals surface area contributed by atoms with Crippen molar-refractivity contribution in [2.24, 2.45) is 0 Å². The average molecular weight is 437 g/mol. The Kier molecular flexibility index (Phi) is 8.85. The molecule has 1 atom stereocenters. The van der Waals surface area contributed by atoms with Crippen molar-refractivity contribution >= 4 is 33.4 Å². The fraction of sp³-hybridized carbons (Fsp3) is 0.381. The molecule has 1 amide bonds. The van der Waals surface area contributed by atoms with Crippen LogP contribution in [-0.4, -0.2) is 46.0 Å². The zero-order valence-corrected chi connectivity index (χ0v) is 18.6. The Labute approximate surface area is 177 Å². The summed E-state index contributed by atoms with van der Waals surface area (Å²) in [5.41, 5.74) is 1.64. The van der Waals surface area contributed by atoms with Crippen LogP contribution in [0.4, 0.5) is 5.69 Å². The van der Waals surface area contributed by atoms with E-state index >= 15 is 0 Å². The molecule has 2 aromatic rings. The molecular formula is C21H28N2O4S2. The molecule has 2 aromatic carbocycles. The lowest BCUT2D eigenvalue weighted by Crippen LogP contribution is -2.49. The van der Waals surface area contributed by atoms with Crippen LogP contribution in [0.3, 0.4) is 0 Å². The lowest BCUT2D eigenvalue weighted by atomic mass is 10.2. The molecule has 2 rings (SSSR count). The number of ether oxygens (including phenoxy) is 1. The zero-order valence-electron chi connectivity index (χ0n) is 17.0. The van der Waals surface area contributed by atoms with Gasteiger partial charge in [-0.1, -0.05) is 43.3 Å². The maximum Gasteiger partial charge on any atom is 0.243 e. The van der Waals surface area contributed by atoms with Crippen LogP contribution in [0.2, 0.25) is 0 Å². The van der Waals surface area contributed by atoms with Gasteiger partial charge < -0.3 is 10.1 Å². The predicted molar refractivity (Wildman–Crippen MR) is 120 cm³/mol. The summed E-state index contributed by atoms with van der Waals surface area (Å²) < 4.78 is 31.3. The van der Waals surface area contributed by atoms with Crippen molar-refractivity contribution in [2.45, 2.75) is 25.1 Å². The van der Waals surface area contributed by atoms with Crippen molar-refractivity contribution in [3.63, 3.8) is 0 Å². The van der Waals surface area contributed by atoms with Crippen LogP contribution in [-0.2, 0) is 20.6 Å².